The Bertz CT molecular complexity index is 346. The predicted molar refractivity (Wildman–Crippen MR) is 57.7 cm³/mol. The smallest absolute Gasteiger partial charge is 0.151 e. The average Bonchev–Trinajstić information content (AvgIpc) is 2.62. The SMILES string of the molecule is CCC(=O)CN1CCc2ccccc21. The molecule has 1 aromatic rings. The van der Waals surface area contributed by atoms with E-state index in [1.165, 1.54) is 11.3 Å². The zero-order valence-electron chi connectivity index (χ0n) is 8.49. The highest BCUT2D eigenvalue weighted by Gasteiger charge is 2.19. The molecule has 0 bridgehead atoms. The van der Waals surface area contributed by atoms with Crippen molar-refractivity contribution >= 4 is 11.5 Å². The summed E-state index contributed by atoms with van der Waals surface area (Å²) in [4.78, 5) is 13.5. The van der Waals surface area contributed by atoms with Crippen molar-refractivity contribution in [2.45, 2.75) is 19.8 Å². The number of para-hydroxylation sites is 1. The lowest BCUT2D eigenvalue weighted by atomic mass is 10.2. The van der Waals surface area contributed by atoms with Crippen molar-refractivity contribution in [3.05, 3.63) is 29.8 Å². The number of hydrogen-bond acceptors (Lipinski definition) is 2. The fraction of sp³-hybridized carbons (Fsp3) is 0.417. The van der Waals surface area contributed by atoms with E-state index in [0.29, 0.717) is 18.7 Å². The highest BCUT2D eigenvalue weighted by molar-refractivity contribution is 5.84. The second-order valence-electron chi connectivity index (χ2n) is 3.69. The zero-order chi connectivity index (χ0) is 9.97. The van der Waals surface area contributed by atoms with Crippen molar-refractivity contribution in [3.8, 4) is 0 Å². The summed E-state index contributed by atoms with van der Waals surface area (Å²) in [6.45, 7) is 3.49. The Hall–Kier alpha value is -1.31. The molecule has 14 heavy (non-hydrogen) atoms. The van der Waals surface area contributed by atoms with E-state index in [2.05, 4.69) is 23.1 Å². The standard InChI is InChI=1S/C12H15NO/c1-2-11(14)9-13-8-7-10-5-3-4-6-12(10)13/h3-6H,2,7-9H2,1H3. The van der Waals surface area contributed by atoms with Crippen molar-refractivity contribution in [1.82, 2.24) is 0 Å². The van der Waals surface area contributed by atoms with Gasteiger partial charge < -0.3 is 4.90 Å². The van der Waals surface area contributed by atoms with E-state index >= 15 is 0 Å². The minimum atomic E-state index is 0.321. The maximum atomic E-state index is 11.3. The molecule has 0 N–H and O–H groups in total. The minimum absolute atomic E-state index is 0.321. The molecule has 0 fully saturated rings. The lowest BCUT2D eigenvalue weighted by molar-refractivity contribution is -0.117. The Morgan fingerprint density at radius 2 is 2.21 bits per heavy atom. The van der Waals surface area contributed by atoms with Gasteiger partial charge in [0, 0.05) is 18.7 Å². The molecule has 1 aliphatic heterocycles. The van der Waals surface area contributed by atoms with Crippen molar-refractivity contribution in [2.75, 3.05) is 18.0 Å². The number of anilines is 1. The Morgan fingerprint density at radius 1 is 1.43 bits per heavy atom. The molecule has 0 aromatic heterocycles. The van der Waals surface area contributed by atoms with Gasteiger partial charge in [0.15, 0.2) is 5.78 Å². The number of benzene rings is 1. The van der Waals surface area contributed by atoms with Crippen LogP contribution < -0.4 is 4.90 Å². The molecule has 0 saturated carbocycles. The summed E-state index contributed by atoms with van der Waals surface area (Å²) < 4.78 is 0. The van der Waals surface area contributed by atoms with Gasteiger partial charge in [-0.1, -0.05) is 25.1 Å². The quantitative estimate of drug-likeness (QED) is 0.725. The Morgan fingerprint density at radius 3 is 3.00 bits per heavy atom. The number of carbonyl (C=O) groups excluding carboxylic acids is 1. The van der Waals surface area contributed by atoms with Gasteiger partial charge in [-0.15, -0.1) is 0 Å². The van der Waals surface area contributed by atoms with E-state index < -0.39 is 0 Å². The number of carbonyl (C=O) groups is 1. The summed E-state index contributed by atoms with van der Waals surface area (Å²) in [7, 11) is 0. The summed E-state index contributed by atoms with van der Waals surface area (Å²) in [6.07, 6.45) is 1.71. The number of hydrogen-bond donors (Lipinski definition) is 0. The third-order valence-electron chi connectivity index (χ3n) is 2.74. The van der Waals surface area contributed by atoms with Crippen molar-refractivity contribution in [1.29, 1.82) is 0 Å². The lowest BCUT2D eigenvalue weighted by Gasteiger charge is -2.17. The molecule has 0 amide bonds. The molecule has 0 radical (unpaired) electrons. The molecule has 2 heteroatoms. The molecule has 0 atom stereocenters. The van der Waals surface area contributed by atoms with Crippen molar-refractivity contribution in [2.24, 2.45) is 0 Å². The van der Waals surface area contributed by atoms with Gasteiger partial charge in [0.05, 0.1) is 6.54 Å². The van der Waals surface area contributed by atoms with Gasteiger partial charge in [-0.3, -0.25) is 4.79 Å². The van der Waals surface area contributed by atoms with Crippen LogP contribution in [-0.4, -0.2) is 18.9 Å². The maximum Gasteiger partial charge on any atom is 0.151 e. The van der Waals surface area contributed by atoms with Crippen LogP contribution in [0.1, 0.15) is 18.9 Å². The zero-order valence-corrected chi connectivity index (χ0v) is 8.49. The van der Waals surface area contributed by atoms with Crippen LogP contribution in [-0.2, 0) is 11.2 Å². The van der Waals surface area contributed by atoms with E-state index in [4.69, 9.17) is 0 Å². The van der Waals surface area contributed by atoms with Crippen molar-refractivity contribution < 1.29 is 4.79 Å². The van der Waals surface area contributed by atoms with Gasteiger partial charge >= 0.3 is 0 Å². The van der Waals surface area contributed by atoms with Crippen LogP contribution in [0.2, 0.25) is 0 Å². The van der Waals surface area contributed by atoms with E-state index in [-0.39, 0.29) is 0 Å². The maximum absolute atomic E-state index is 11.3. The van der Waals surface area contributed by atoms with Gasteiger partial charge in [-0.05, 0) is 18.1 Å². The van der Waals surface area contributed by atoms with Gasteiger partial charge in [0.1, 0.15) is 0 Å². The molecular formula is C12H15NO. The Kier molecular flexibility index (Phi) is 2.53. The van der Waals surface area contributed by atoms with Crippen LogP contribution in [0.4, 0.5) is 5.69 Å². The first-order chi connectivity index (χ1) is 6.81. The number of rotatable bonds is 3. The molecule has 2 nitrogen and oxygen atoms in total. The third kappa shape index (κ3) is 1.65. The average molecular weight is 189 g/mol. The second-order valence-corrected chi connectivity index (χ2v) is 3.69. The lowest BCUT2D eigenvalue weighted by Crippen LogP contribution is -2.27. The highest BCUT2D eigenvalue weighted by Crippen LogP contribution is 2.26. The van der Waals surface area contributed by atoms with Gasteiger partial charge in [0.25, 0.3) is 0 Å². The van der Waals surface area contributed by atoms with Crippen LogP contribution in [0.25, 0.3) is 0 Å². The molecule has 0 spiro atoms. The molecule has 1 heterocycles. The number of fused-ring (bicyclic) bond motifs is 1. The first-order valence-electron chi connectivity index (χ1n) is 5.16. The first-order valence-corrected chi connectivity index (χ1v) is 5.16. The summed E-state index contributed by atoms with van der Waals surface area (Å²) in [5.41, 5.74) is 2.62. The van der Waals surface area contributed by atoms with Crippen LogP contribution in [0.3, 0.4) is 0 Å². The van der Waals surface area contributed by atoms with Gasteiger partial charge in [-0.2, -0.15) is 0 Å². The fourth-order valence-electron chi connectivity index (χ4n) is 1.90. The Labute approximate surface area is 84.5 Å². The topological polar surface area (TPSA) is 20.3 Å². The highest BCUT2D eigenvalue weighted by atomic mass is 16.1. The molecule has 1 aliphatic rings. The Balaban J connectivity index is 2.14. The van der Waals surface area contributed by atoms with Crippen LogP contribution in [0, 0.1) is 0 Å². The molecular weight excluding hydrogens is 174 g/mol. The summed E-state index contributed by atoms with van der Waals surface area (Å²) in [5, 5.41) is 0. The van der Waals surface area contributed by atoms with Crippen molar-refractivity contribution in [3.63, 3.8) is 0 Å². The third-order valence-corrected chi connectivity index (χ3v) is 2.74. The molecule has 1 aromatic carbocycles. The number of nitrogens with zero attached hydrogens (tertiary/aromatic N) is 1. The number of Topliss-reactive ketones (excluding diaryl/α,β-unsaturated/α-hetero) is 1. The molecule has 0 aliphatic carbocycles. The molecule has 2 rings (SSSR count). The summed E-state index contributed by atoms with van der Waals surface area (Å²) in [6, 6.07) is 8.34. The van der Waals surface area contributed by atoms with E-state index in [0.717, 1.165) is 13.0 Å². The summed E-state index contributed by atoms with van der Waals surface area (Å²) >= 11 is 0. The molecule has 0 unspecified atom stereocenters. The predicted octanol–water partition coefficient (Wildman–Crippen LogP) is 2.03. The van der Waals surface area contributed by atoms with Crippen LogP contribution >= 0.6 is 0 Å². The van der Waals surface area contributed by atoms with E-state index in [9.17, 15) is 4.79 Å². The minimum Gasteiger partial charge on any atom is -0.364 e. The second kappa shape index (κ2) is 3.82. The van der Waals surface area contributed by atoms with Crippen LogP contribution in [0.5, 0.6) is 0 Å². The molecule has 74 valence electrons. The monoisotopic (exact) mass is 189 g/mol. The number of ketones is 1. The van der Waals surface area contributed by atoms with Gasteiger partial charge in [0.2, 0.25) is 0 Å². The first kappa shape index (κ1) is 9.25. The van der Waals surface area contributed by atoms with E-state index in [1.54, 1.807) is 0 Å². The fourth-order valence-corrected chi connectivity index (χ4v) is 1.90. The van der Waals surface area contributed by atoms with Gasteiger partial charge in [-0.25, -0.2) is 0 Å². The van der Waals surface area contributed by atoms with Crippen LogP contribution in [0.15, 0.2) is 24.3 Å². The summed E-state index contributed by atoms with van der Waals surface area (Å²) in [5.74, 6) is 0.321. The molecule has 0 saturated heterocycles. The largest absolute Gasteiger partial charge is 0.364 e. The normalized spacial score (nSPS) is 14.2. The van der Waals surface area contributed by atoms with E-state index in [1.807, 2.05) is 13.0 Å².